The van der Waals surface area contributed by atoms with Crippen molar-refractivity contribution in [3.63, 3.8) is 0 Å². The number of H-pyrrole nitrogens is 1. The van der Waals surface area contributed by atoms with Gasteiger partial charge in [-0.1, -0.05) is 47.2 Å². The predicted octanol–water partition coefficient (Wildman–Crippen LogP) is 4.75. The Morgan fingerprint density at radius 1 is 1.22 bits per heavy atom. The summed E-state index contributed by atoms with van der Waals surface area (Å²) < 4.78 is 2.54. The van der Waals surface area contributed by atoms with Crippen molar-refractivity contribution in [2.24, 2.45) is 4.99 Å². The van der Waals surface area contributed by atoms with E-state index in [2.05, 4.69) is 15.1 Å². The van der Waals surface area contributed by atoms with Gasteiger partial charge in [-0.15, -0.1) is 0 Å². The van der Waals surface area contributed by atoms with E-state index in [0.717, 1.165) is 21.5 Å². The summed E-state index contributed by atoms with van der Waals surface area (Å²) in [6.07, 6.45) is 0. The Balaban J connectivity index is 1.68. The molecule has 0 saturated carbocycles. The second-order valence-corrected chi connectivity index (χ2v) is 7.69. The highest BCUT2D eigenvalue weighted by Gasteiger charge is 2.17. The number of aryl methyl sites for hydroxylation is 1. The molecule has 2 aromatic heterocycles. The first kappa shape index (κ1) is 17.7. The van der Waals surface area contributed by atoms with E-state index in [-0.39, 0.29) is 5.56 Å². The Morgan fingerprint density at radius 2 is 1.96 bits per heavy atom. The lowest BCUT2D eigenvalue weighted by Crippen LogP contribution is -2.19. The molecule has 4 rings (SSSR count). The van der Waals surface area contributed by atoms with Crippen LogP contribution in [0.4, 0.5) is 0 Å². The summed E-state index contributed by atoms with van der Waals surface area (Å²) in [5.74, 6) is 0. The molecule has 0 saturated heterocycles. The molecule has 5 nitrogen and oxygen atoms in total. The molecule has 2 heterocycles. The third kappa shape index (κ3) is 3.46. The van der Waals surface area contributed by atoms with Gasteiger partial charge in [-0.3, -0.25) is 14.9 Å². The van der Waals surface area contributed by atoms with E-state index in [9.17, 15) is 4.79 Å². The van der Waals surface area contributed by atoms with Crippen LogP contribution in [0.15, 0.2) is 58.3 Å². The number of fused-ring (bicyclic) bond motifs is 1. The molecule has 0 unspecified atom stereocenters. The molecule has 1 N–H and O–H groups in total. The highest BCUT2D eigenvalue weighted by atomic mass is 35.5. The van der Waals surface area contributed by atoms with Crippen LogP contribution in [0.2, 0.25) is 5.02 Å². The number of thiazole rings is 1. The second-order valence-electron chi connectivity index (χ2n) is 6.24. The molecule has 0 aliphatic carbocycles. The van der Waals surface area contributed by atoms with E-state index in [1.165, 1.54) is 16.0 Å². The highest BCUT2D eigenvalue weighted by Crippen LogP contribution is 2.23. The number of nitrogens with one attached hydrogen (secondary N) is 1. The molecule has 0 radical (unpaired) electrons. The fourth-order valence-corrected chi connectivity index (χ4v) is 3.99. The molecule has 136 valence electrons. The lowest BCUT2D eigenvalue weighted by Gasteiger charge is -2.00. The van der Waals surface area contributed by atoms with Crippen molar-refractivity contribution in [3.05, 3.63) is 80.7 Å². The number of hydrogen-bond acceptors (Lipinski definition) is 4. The molecule has 2 aromatic carbocycles. The summed E-state index contributed by atoms with van der Waals surface area (Å²) in [5, 5.41) is 4.45. The second kappa shape index (κ2) is 7.13. The number of hydrogen-bond donors (Lipinski definition) is 1. The molecular weight excluding hydrogens is 380 g/mol. The summed E-state index contributed by atoms with van der Waals surface area (Å²) in [6, 6.07) is 15.4. The van der Waals surface area contributed by atoms with Crippen LogP contribution in [-0.4, -0.2) is 20.5 Å². The van der Waals surface area contributed by atoms with E-state index >= 15 is 0 Å². The van der Waals surface area contributed by atoms with E-state index in [0.29, 0.717) is 28.0 Å². The minimum Gasteiger partial charge on any atom is -0.293 e. The number of aromatic amines is 1. The average molecular weight is 397 g/mol. The van der Waals surface area contributed by atoms with Gasteiger partial charge in [0.2, 0.25) is 5.13 Å². The maximum Gasteiger partial charge on any atom is 0.282 e. The Labute approximate surface area is 165 Å². The molecule has 0 aliphatic rings. The number of aromatic nitrogens is 3. The standard InChI is InChI=1S/C20H17ClN4OS/c1-12(22-11-14-7-9-15(21)10-8-14)18-13(2)24-25(19(18)26)20-23-16-5-3-4-6-17(16)27-20/h3-10,24H,11H2,1-2H3. The van der Waals surface area contributed by atoms with Gasteiger partial charge in [-0.2, -0.15) is 4.68 Å². The number of nitrogens with zero attached hydrogens (tertiary/aromatic N) is 3. The van der Waals surface area contributed by atoms with Crippen molar-refractivity contribution < 1.29 is 0 Å². The Morgan fingerprint density at radius 3 is 2.70 bits per heavy atom. The van der Waals surface area contributed by atoms with Gasteiger partial charge < -0.3 is 0 Å². The van der Waals surface area contributed by atoms with Crippen LogP contribution in [0.25, 0.3) is 15.3 Å². The smallest absolute Gasteiger partial charge is 0.282 e. The lowest BCUT2D eigenvalue weighted by molar-refractivity contribution is 0.829. The largest absolute Gasteiger partial charge is 0.293 e. The van der Waals surface area contributed by atoms with Crippen LogP contribution in [0, 0.1) is 6.92 Å². The zero-order valence-electron chi connectivity index (χ0n) is 14.9. The first-order chi connectivity index (χ1) is 13.0. The van der Waals surface area contributed by atoms with Gasteiger partial charge in [-0.05, 0) is 43.7 Å². The van der Waals surface area contributed by atoms with E-state index < -0.39 is 0 Å². The van der Waals surface area contributed by atoms with Crippen molar-refractivity contribution >= 4 is 38.9 Å². The summed E-state index contributed by atoms with van der Waals surface area (Å²) >= 11 is 7.39. The number of para-hydroxylation sites is 1. The first-order valence-corrected chi connectivity index (χ1v) is 9.66. The SMILES string of the molecule is CC(=NCc1ccc(Cl)cc1)c1c(C)[nH]n(-c2nc3ccccc3s2)c1=O. The zero-order valence-corrected chi connectivity index (χ0v) is 16.4. The minimum atomic E-state index is -0.135. The van der Waals surface area contributed by atoms with Crippen LogP contribution in [-0.2, 0) is 6.54 Å². The van der Waals surface area contributed by atoms with E-state index in [1.807, 2.05) is 62.4 Å². The van der Waals surface area contributed by atoms with Crippen LogP contribution >= 0.6 is 22.9 Å². The third-order valence-electron chi connectivity index (χ3n) is 4.32. The van der Waals surface area contributed by atoms with Crippen molar-refractivity contribution in [3.8, 4) is 5.13 Å². The molecule has 0 bridgehead atoms. The molecule has 27 heavy (non-hydrogen) atoms. The third-order valence-corrected chi connectivity index (χ3v) is 5.59. The monoisotopic (exact) mass is 396 g/mol. The summed E-state index contributed by atoms with van der Waals surface area (Å²) in [7, 11) is 0. The van der Waals surface area contributed by atoms with Crippen molar-refractivity contribution in [2.45, 2.75) is 20.4 Å². The maximum absolute atomic E-state index is 13.0. The topological polar surface area (TPSA) is 63.0 Å². The molecule has 0 atom stereocenters. The summed E-state index contributed by atoms with van der Waals surface area (Å²) in [4.78, 5) is 22.1. The number of halogens is 1. The highest BCUT2D eigenvalue weighted by molar-refractivity contribution is 7.20. The van der Waals surface area contributed by atoms with Crippen molar-refractivity contribution in [1.82, 2.24) is 14.8 Å². The minimum absolute atomic E-state index is 0.135. The van der Waals surface area contributed by atoms with Crippen LogP contribution in [0.1, 0.15) is 23.7 Å². The van der Waals surface area contributed by atoms with Gasteiger partial charge >= 0.3 is 0 Å². The lowest BCUT2D eigenvalue weighted by atomic mass is 10.1. The quantitative estimate of drug-likeness (QED) is 0.506. The zero-order chi connectivity index (χ0) is 19.0. The van der Waals surface area contributed by atoms with Gasteiger partial charge in [0, 0.05) is 16.4 Å². The average Bonchev–Trinajstić information content (AvgIpc) is 3.21. The first-order valence-electron chi connectivity index (χ1n) is 8.46. The predicted molar refractivity (Wildman–Crippen MR) is 112 cm³/mol. The summed E-state index contributed by atoms with van der Waals surface area (Å²) in [6.45, 7) is 4.23. The molecule has 0 aliphatic heterocycles. The van der Waals surface area contributed by atoms with E-state index in [4.69, 9.17) is 11.6 Å². The van der Waals surface area contributed by atoms with Gasteiger partial charge in [0.1, 0.15) is 0 Å². The van der Waals surface area contributed by atoms with Gasteiger partial charge in [0.15, 0.2) is 0 Å². The molecule has 0 spiro atoms. The number of rotatable bonds is 4. The maximum atomic E-state index is 13.0. The number of benzene rings is 2. The molecule has 4 aromatic rings. The van der Waals surface area contributed by atoms with Gasteiger partial charge in [0.05, 0.1) is 22.3 Å². The fraction of sp³-hybridized carbons (Fsp3) is 0.150. The Hall–Kier alpha value is -2.70. The fourth-order valence-electron chi connectivity index (χ4n) is 2.94. The van der Waals surface area contributed by atoms with Crippen LogP contribution < -0.4 is 5.56 Å². The van der Waals surface area contributed by atoms with Crippen molar-refractivity contribution in [1.29, 1.82) is 0 Å². The molecule has 7 heteroatoms. The molecule has 0 fully saturated rings. The van der Waals surface area contributed by atoms with Gasteiger partial charge in [-0.25, -0.2) is 4.98 Å². The number of aliphatic imine (C=N–C) groups is 1. The molecule has 0 amide bonds. The molecular formula is C20H17ClN4OS. The van der Waals surface area contributed by atoms with Crippen molar-refractivity contribution in [2.75, 3.05) is 0 Å². The van der Waals surface area contributed by atoms with E-state index in [1.54, 1.807) is 0 Å². The van der Waals surface area contributed by atoms with Crippen LogP contribution in [0.3, 0.4) is 0 Å². The summed E-state index contributed by atoms with van der Waals surface area (Å²) in [5.41, 5.74) is 3.84. The Kier molecular flexibility index (Phi) is 4.68. The Bertz CT molecular complexity index is 1170. The normalized spacial score (nSPS) is 12.0. The van der Waals surface area contributed by atoms with Gasteiger partial charge in [0.25, 0.3) is 5.56 Å². The van der Waals surface area contributed by atoms with Crippen LogP contribution in [0.5, 0.6) is 0 Å².